The molecular weight excluding hydrogens is 350 g/mol. The van der Waals surface area contributed by atoms with E-state index in [1.165, 1.54) is 5.56 Å². The number of hydrogen-bond donors (Lipinski definition) is 1. The van der Waals surface area contributed by atoms with Crippen molar-refractivity contribution in [3.05, 3.63) is 89.7 Å². The topological polar surface area (TPSA) is 56.2 Å². The van der Waals surface area contributed by atoms with Crippen LogP contribution in [0, 0.1) is 0 Å². The number of nitrogens with zero attached hydrogens (tertiary/aromatic N) is 2. The molecule has 0 unspecified atom stereocenters. The molecule has 3 aromatic rings. The van der Waals surface area contributed by atoms with Gasteiger partial charge in [-0.3, -0.25) is 9.48 Å². The largest absolute Gasteiger partial charge is 0.365 e. The number of hydrogen-bond acceptors (Lipinski definition) is 3. The van der Waals surface area contributed by atoms with Crippen LogP contribution in [-0.4, -0.2) is 21.7 Å². The minimum atomic E-state index is -0.0467. The lowest BCUT2D eigenvalue weighted by atomic mass is 9.91. The van der Waals surface area contributed by atoms with E-state index in [9.17, 15) is 4.79 Å². The van der Waals surface area contributed by atoms with E-state index in [1.54, 1.807) is 13.1 Å². The zero-order chi connectivity index (χ0) is 19.3. The molecule has 1 aromatic heterocycles. The van der Waals surface area contributed by atoms with Crippen molar-refractivity contribution in [2.75, 3.05) is 0 Å². The Kier molecular flexibility index (Phi) is 5.53. The summed E-state index contributed by atoms with van der Waals surface area (Å²) in [5, 5.41) is 7.35. The Balaban J connectivity index is 1.52. The van der Waals surface area contributed by atoms with E-state index in [0.29, 0.717) is 0 Å². The van der Waals surface area contributed by atoms with Gasteiger partial charge in [0.1, 0.15) is 0 Å². The maximum Gasteiger partial charge on any atom is 0.217 e. The number of aromatic nitrogens is 2. The van der Waals surface area contributed by atoms with Gasteiger partial charge in [0.15, 0.2) is 0 Å². The van der Waals surface area contributed by atoms with Gasteiger partial charge in [0.05, 0.1) is 18.8 Å². The summed E-state index contributed by atoms with van der Waals surface area (Å²) in [6, 6.07) is 20.8. The van der Waals surface area contributed by atoms with Crippen molar-refractivity contribution in [1.82, 2.24) is 15.1 Å². The smallest absolute Gasteiger partial charge is 0.217 e. The molecule has 1 saturated heterocycles. The molecule has 0 aliphatic carbocycles. The third kappa shape index (κ3) is 4.49. The highest BCUT2D eigenvalue weighted by molar-refractivity contribution is 5.73. The molecule has 1 aliphatic rings. The number of carbonyl (C=O) groups is 1. The monoisotopic (exact) mass is 375 g/mol. The predicted molar refractivity (Wildman–Crippen MR) is 108 cm³/mol. The Morgan fingerprint density at radius 2 is 1.71 bits per heavy atom. The highest BCUT2D eigenvalue weighted by atomic mass is 16.5. The molecule has 0 radical (unpaired) electrons. The summed E-state index contributed by atoms with van der Waals surface area (Å²) in [7, 11) is 0. The van der Waals surface area contributed by atoms with Crippen LogP contribution >= 0.6 is 0 Å². The summed E-state index contributed by atoms with van der Waals surface area (Å²) in [5.74, 6) is 0.00651. The van der Waals surface area contributed by atoms with Crippen LogP contribution in [0.2, 0.25) is 0 Å². The molecule has 3 atom stereocenters. The number of benzene rings is 2. The zero-order valence-corrected chi connectivity index (χ0v) is 16.0. The van der Waals surface area contributed by atoms with Gasteiger partial charge in [-0.1, -0.05) is 54.6 Å². The van der Waals surface area contributed by atoms with Crippen LogP contribution < -0.4 is 5.32 Å². The molecule has 0 spiro atoms. The molecular formula is C23H25N3O2. The molecule has 1 amide bonds. The normalized spacial score (nSPS) is 22.0. The Bertz CT molecular complexity index is 891. The first-order valence-corrected chi connectivity index (χ1v) is 9.71. The van der Waals surface area contributed by atoms with Crippen molar-refractivity contribution in [2.45, 2.75) is 44.6 Å². The third-order valence-electron chi connectivity index (χ3n) is 5.16. The van der Waals surface area contributed by atoms with E-state index < -0.39 is 0 Å². The highest BCUT2D eigenvalue weighted by Crippen LogP contribution is 2.38. The average Bonchev–Trinajstić information content (AvgIpc) is 3.21. The Morgan fingerprint density at radius 3 is 2.32 bits per heavy atom. The molecule has 1 N–H and O–H groups in total. The number of amides is 1. The zero-order valence-electron chi connectivity index (χ0n) is 16.0. The van der Waals surface area contributed by atoms with Crippen LogP contribution in [0.25, 0.3) is 0 Å². The summed E-state index contributed by atoms with van der Waals surface area (Å²) >= 11 is 0. The van der Waals surface area contributed by atoms with E-state index in [4.69, 9.17) is 4.74 Å². The van der Waals surface area contributed by atoms with Gasteiger partial charge >= 0.3 is 0 Å². The molecule has 0 saturated carbocycles. The number of carbonyl (C=O) groups excluding carboxylic acids is 1. The second kappa shape index (κ2) is 8.40. The standard InChI is InChI=1S/C23H25N3O2/c1-17(27)25-21-14-22(19-6-3-2-4-7-19)28-23(15-21)20-10-8-18(9-11-20)16-26-13-5-12-24-26/h2-13,21-23H,14-16H2,1H3,(H,25,27)/t21-,22-,23+/m1/s1. The number of ether oxygens (including phenoxy) is 1. The van der Waals surface area contributed by atoms with E-state index >= 15 is 0 Å². The third-order valence-corrected chi connectivity index (χ3v) is 5.16. The second-order valence-electron chi connectivity index (χ2n) is 7.34. The summed E-state index contributed by atoms with van der Waals surface area (Å²) in [4.78, 5) is 11.6. The molecule has 0 bridgehead atoms. The molecule has 2 heterocycles. The highest BCUT2D eigenvalue weighted by Gasteiger charge is 2.31. The number of nitrogens with one attached hydrogen (secondary N) is 1. The van der Waals surface area contributed by atoms with Crippen molar-refractivity contribution in [2.24, 2.45) is 0 Å². The van der Waals surface area contributed by atoms with Crippen molar-refractivity contribution in [3.8, 4) is 0 Å². The quantitative estimate of drug-likeness (QED) is 0.733. The molecule has 1 aliphatic heterocycles. The Morgan fingerprint density at radius 1 is 1.04 bits per heavy atom. The van der Waals surface area contributed by atoms with Gasteiger partial charge < -0.3 is 10.1 Å². The van der Waals surface area contributed by atoms with Crippen LogP contribution in [0.3, 0.4) is 0 Å². The lowest BCUT2D eigenvalue weighted by Crippen LogP contribution is -2.39. The maximum atomic E-state index is 11.6. The SMILES string of the molecule is CC(=O)N[C@H]1C[C@@H](c2ccc(Cn3cccn3)cc2)O[C@@H](c2ccccc2)C1. The average molecular weight is 375 g/mol. The first kappa shape index (κ1) is 18.4. The summed E-state index contributed by atoms with van der Waals surface area (Å²) < 4.78 is 8.35. The fraction of sp³-hybridized carbons (Fsp3) is 0.304. The van der Waals surface area contributed by atoms with Gasteiger partial charge in [-0.15, -0.1) is 0 Å². The van der Waals surface area contributed by atoms with Gasteiger partial charge in [-0.05, 0) is 35.6 Å². The van der Waals surface area contributed by atoms with Crippen LogP contribution in [0.4, 0.5) is 0 Å². The van der Waals surface area contributed by atoms with Gasteiger partial charge in [0.25, 0.3) is 0 Å². The molecule has 28 heavy (non-hydrogen) atoms. The van der Waals surface area contributed by atoms with Crippen molar-refractivity contribution >= 4 is 5.91 Å². The molecule has 144 valence electrons. The first-order chi connectivity index (χ1) is 13.7. The van der Waals surface area contributed by atoms with Gasteiger partial charge in [0.2, 0.25) is 5.91 Å². The van der Waals surface area contributed by atoms with Crippen molar-refractivity contribution in [3.63, 3.8) is 0 Å². The lowest BCUT2D eigenvalue weighted by molar-refractivity contribution is -0.122. The number of rotatable bonds is 5. The van der Waals surface area contributed by atoms with Crippen LogP contribution in [0.1, 0.15) is 48.7 Å². The Labute approximate surface area is 165 Å². The van der Waals surface area contributed by atoms with Crippen LogP contribution in [0.15, 0.2) is 73.1 Å². The van der Waals surface area contributed by atoms with Gasteiger partial charge in [-0.25, -0.2) is 0 Å². The summed E-state index contributed by atoms with van der Waals surface area (Å²) in [6.07, 6.45) is 5.24. The van der Waals surface area contributed by atoms with Crippen LogP contribution in [-0.2, 0) is 16.1 Å². The second-order valence-corrected chi connectivity index (χ2v) is 7.34. The maximum absolute atomic E-state index is 11.6. The van der Waals surface area contributed by atoms with Gasteiger partial charge in [0, 0.05) is 25.4 Å². The van der Waals surface area contributed by atoms with E-state index in [-0.39, 0.29) is 24.2 Å². The molecule has 4 rings (SSSR count). The summed E-state index contributed by atoms with van der Waals surface area (Å²) in [5.41, 5.74) is 3.49. The van der Waals surface area contributed by atoms with Crippen molar-refractivity contribution < 1.29 is 9.53 Å². The molecule has 5 nitrogen and oxygen atoms in total. The molecule has 2 aromatic carbocycles. The van der Waals surface area contributed by atoms with E-state index in [0.717, 1.165) is 30.5 Å². The minimum Gasteiger partial charge on any atom is -0.365 e. The van der Waals surface area contributed by atoms with E-state index in [2.05, 4.69) is 46.8 Å². The Hall–Kier alpha value is -2.92. The fourth-order valence-corrected chi connectivity index (χ4v) is 3.84. The molecule has 5 heteroatoms. The predicted octanol–water partition coefficient (Wildman–Crippen LogP) is 4.03. The van der Waals surface area contributed by atoms with Crippen LogP contribution in [0.5, 0.6) is 0 Å². The van der Waals surface area contributed by atoms with E-state index in [1.807, 2.05) is 35.1 Å². The van der Waals surface area contributed by atoms with Gasteiger partial charge in [-0.2, -0.15) is 5.10 Å². The van der Waals surface area contributed by atoms with Crippen molar-refractivity contribution in [1.29, 1.82) is 0 Å². The first-order valence-electron chi connectivity index (χ1n) is 9.71. The molecule has 1 fully saturated rings. The lowest BCUT2D eigenvalue weighted by Gasteiger charge is -2.36. The minimum absolute atomic E-state index is 0.00651. The fourth-order valence-electron chi connectivity index (χ4n) is 3.84. The summed E-state index contributed by atoms with van der Waals surface area (Å²) in [6.45, 7) is 2.33.